The minimum Gasteiger partial charge on any atom is -0.478 e. The van der Waals surface area contributed by atoms with Gasteiger partial charge in [0.2, 0.25) is 0 Å². The number of aromatic carboxylic acids is 1. The van der Waals surface area contributed by atoms with Crippen LogP contribution < -0.4 is 0 Å². The van der Waals surface area contributed by atoms with Crippen LogP contribution in [0.3, 0.4) is 0 Å². The zero-order valence-electron chi connectivity index (χ0n) is 16.7. The first-order chi connectivity index (χ1) is 14.6. The maximum atomic E-state index is 12.6. The highest BCUT2D eigenvalue weighted by atomic mass is 16.6. The normalized spacial score (nSPS) is 12.2. The molecule has 1 aliphatic rings. The van der Waals surface area contributed by atoms with Crippen molar-refractivity contribution < 1.29 is 19.4 Å². The van der Waals surface area contributed by atoms with Crippen molar-refractivity contribution in [3.05, 3.63) is 95.1 Å². The third kappa shape index (κ3) is 3.79. The Hall–Kier alpha value is -3.60. The van der Waals surface area contributed by atoms with Crippen LogP contribution in [0, 0.1) is 0 Å². The molecule has 1 aliphatic carbocycles. The number of hydrogen-bond acceptors (Lipinski definition) is 3. The summed E-state index contributed by atoms with van der Waals surface area (Å²) in [6.07, 6.45) is 0.0352. The summed E-state index contributed by atoms with van der Waals surface area (Å²) in [4.78, 5) is 25.4. The van der Waals surface area contributed by atoms with E-state index in [1.807, 2.05) is 24.3 Å². The molecule has 0 atom stereocenters. The zero-order chi connectivity index (χ0) is 21.1. The van der Waals surface area contributed by atoms with Gasteiger partial charge < -0.3 is 14.7 Å². The van der Waals surface area contributed by atoms with Crippen LogP contribution in [0.15, 0.2) is 72.8 Å². The molecular formula is C25H23NO4. The van der Waals surface area contributed by atoms with Gasteiger partial charge in [-0.15, -0.1) is 0 Å². The summed E-state index contributed by atoms with van der Waals surface area (Å²) in [5.41, 5.74) is 5.68. The highest BCUT2D eigenvalue weighted by Crippen LogP contribution is 2.44. The number of carbonyl (C=O) groups excluding carboxylic acids is 1. The third-order valence-corrected chi connectivity index (χ3v) is 5.61. The number of amides is 1. The topological polar surface area (TPSA) is 66.8 Å². The van der Waals surface area contributed by atoms with Crippen LogP contribution in [0.5, 0.6) is 0 Å². The molecule has 3 aromatic rings. The summed E-state index contributed by atoms with van der Waals surface area (Å²) in [6, 6.07) is 23.3. The minimum absolute atomic E-state index is 0.0162. The Morgan fingerprint density at radius 3 is 2.10 bits per heavy atom. The van der Waals surface area contributed by atoms with Gasteiger partial charge in [0.15, 0.2) is 0 Å². The van der Waals surface area contributed by atoms with Crippen molar-refractivity contribution in [2.45, 2.75) is 12.3 Å². The Morgan fingerprint density at radius 1 is 0.900 bits per heavy atom. The summed E-state index contributed by atoms with van der Waals surface area (Å²) in [5.74, 6) is -0.947. The molecule has 3 aromatic carbocycles. The predicted molar refractivity (Wildman–Crippen MR) is 115 cm³/mol. The number of carboxylic acid groups (broad SMARTS) is 1. The summed E-state index contributed by atoms with van der Waals surface area (Å²) >= 11 is 0. The van der Waals surface area contributed by atoms with Gasteiger partial charge in [0.1, 0.15) is 6.61 Å². The largest absolute Gasteiger partial charge is 0.478 e. The first-order valence-corrected chi connectivity index (χ1v) is 9.93. The van der Waals surface area contributed by atoms with Gasteiger partial charge in [-0.2, -0.15) is 0 Å². The first kappa shape index (κ1) is 19.7. The standard InChI is InChI=1S/C25H23NO4/c1-26(15-14-17-8-2-3-9-18(17)24(27)28)25(29)30-16-23-21-12-6-4-10-19(21)20-11-5-7-13-22(20)23/h2-13,23H,14-16H2,1H3,(H,27,28). The number of likely N-dealkylation sites (N-methyl/N-ethyl adjacent to an activating group) is 1. The molecule has 1 amide bonds. The van der Waals surface area contributed by atoms with Crippen molar-refractivity contribution in [1.82, 2.24) is 4.90 Å². The Balaban J connectivity index is 1.40. The molecule has 30 heavy (non-hydrogen) atoms. The van der Waals surface area contributed by atoms with E-state index in [0.717, 1.165) is 0 Å². The van der Waals surface area contributed by atoms with Crippen LogP contribution in [0.2, 0.25) is 0 Å². The van der Waals surface area contributed by atoms with Gasteiger partial charge in [-0.3, -0.25) is 0 Å². The zero-order valence-corrected chi connectivity index (χ0v) is 16.7. The van der Waals surface area contributed by atoms with Crippen LogP contribution in [0.4, 0.5) is 4.79 Å². The second-order valence-electron chi connectivity index (χ2n) is 7.44. The molecule has 4 rings (SSSR count). The van der Waals surface area contributed by atoms with E-state index in [2.05, 4.69) is 24.3 Å². The van der Waals surface area contributed by atoms with Crippen LogP contribution >= 0.6 is 0 Å². The van der Waals surface area contributed by atoms with E-state index in [4.69, 9.17) is 4.74 Å². The van der Waals surface area contributed by atoms with Gasteiger partial charge in [-0.25, -0.2) is 9.59 Å². The Labute approximate surface area is 175 Å². The maximum absolute atomic E-state index is 12.6. The summed E-state index contributed by atoms with van der Waals surface area (Å²) < 4.78 is 5.64. The van der Waals surface area contributed by atoms with E-state index in [-0.39, 0.29) is 18.1 Å². The molecule has 0 saturated carbocycles. The number of ether oxygens (including phenoxy) is 1. The van der Waals surface area contributed by atoms with Crippen LogP contribution in [-0.4, -0.2) is 42.3 Å². The highest BCUT2D eigenvalue weighted by molar-refractivity contribution is 5.89. The van der Waals surface area contributed by atoms with Crippen LogP contribution in [0.1, 0.15) is 33.0 Å². The number of nitrogens with zero attached hydrogens (tertiary/aromatic N) is 1. The number of carboxylic acids is 1. The van der Waals surface area contributed by atoms with E-state index in [1.165, 1.54) is 27.2 Å². The van der Waals surface area contributed by atoms with Crippen LogP contribution in [0.25, 0.3) is 11.1 Å². The molecule has 0 radical (unpaired) electrons. The van der Waals surface area contributed by atoms with E-state index in [1.54, 1.807) is 31.3 Å². The fraction of sp³-hybridized carbons (Fsp3) is 0.200. The molecule has 5 nitrogen and oxygen atoms in total. The Bertz CT molecular complexity index is 1050. The molecule has 0 spiro atoms. The van der Waals surface area contributed by atoms with Gasteiger partial charge in [0, 0.05) is 19.5 Å². The summed E-state index contributed by atoms with van der Waals surface area (Å²) in [6.45, 7) is 0.643. The molecule has 0 heterocycles. The van der Waals surface area contributed by atoms with Gasteiger partial charge in [0.25, 0.3) is 0 Å². The van der Waals surface area contributed by atoms with Gasteiger partial charge in [0.05, 0.1) is 5.56 Å². The number of benzene rings is 3. The average Bonchev–Trinajstić information content (AvgIpc) is 3.09. The first-order valence-electron chi connectivity index (χ1n) is 9.93. The second kappa shape index (κ2) is 8.41. The lowest BCUT2D eigenvalue weighted by Crippen LogP contribution is -2.30. The quantitative estimate of drug-likeness (QED) is 0.644. The number of fused-ring (bicyclic) bond motifs is 3. The molecule has 152 valence electrons. The lowest BCUT2D eigenvalue weighted by molar-refractivity contribution is 0.0695. The lowest BCUT2D eigenvalue weighted by atomic mass is 9.98. The van der Waals surface area contributed by atoms with E-state index in [9.17, 15) is 14.7 Å². The molecule has 0 fully saturated rings. The maximum Gasteiger partial charge on any atom is 0.409 e. The van der Waals surface area contributed by atoms with Crippen LogP contribution in [-0.2, 0) is 11.2 Å². The number of carbonyl (C=O) groups is 2. The van der Waals surface area contributed by atoms with Crippen molar-refractivity contribution in [2.24, 2.45) is 0 Å². The highest BCUT2D eigenvalue weighted by Gasteiger charge is 2.29. The van der Waals surface area contributed by atoms with Gasteiger partial charge >= 0.3 is 12.1 Å². The molecule has 1 N–H and O–H groups in total. The fourth-order valence-corrected chi connectivity index (χ4v) is 4.03. The Kier molecular flexibility index (Phi) is 5.53. The SMILES string of the molecule is CN(CCc1ccccc1C(=O)O)C(=O)OCC1c2ccccc2-c2ccccc21. The van der Waals surface area contributed by atoms with Crippen molar-refractivity contribution in [3.8, 4) is 11.1 Å². The van der Waals surface area contributed by atoms with E-state index in [0.29, 0.717) is 18.5 Å². The monoisotopic (exact) mass is 401 g/mol. The minimum atomic E-state index is -0.964. The van der Waals surface area contributed by atoms with Gasteiger partial charge in [-0.1, -0.05) is 66.7 Å². The molecule has 5 heteroatoms. The fourth-order valence-electron chi connectivity index (χ4n) is 4.03. The molecule has 0 aromatic heterocycles. The molecule has 0 unspecified atom stereocenters. The second-order valence-corrected chi connectivity index (χ2v) is 7.44. The average molecular weight is 401 g/mol. The predicted octanol–water partition coefficient (Wildman–Crippen LogP) is 4.81. The summed E-state index contributed by atoms with van der Waals surface area (Å²) in [7, 11) is 1.67. The Morgan fingerprint density at radius 2 is 1.47 bits per heavy atom. The molecule has 0 saturated heterocycles. The number of hydrogen-bond donors (Lipinski definition) is 1. The van der Waals surface area contributed by atoms with Crippen molar-refractivity contribution in [3.63, 3.8) is 0 Å². The van der Waals surface area contributed by atoms with Crippen molar-refractivity contribution in [1.29, 1.82) is 0 Å². The van der Waals surface area contributed by atoms with Gasteiger partial charge in [-0.05, 0) is 40.3 Å². The van der Waals surface area contributed by atoms with Crippen molar-refractivity contribution >= 4 is 12.1 Å². The number of rotatable bonds is 6. The third-order valence-electron chi connectivity index (χ3n) is 5.61. The molecular weight excluding hydrogens is 378 g/mol. The summed E-state index contributed by atoms with van der Waals surface area (Å²) in [5, 5.41) is 9.30. The lowest BCUT2D eigenvalue weighted by Gasteiger charge is -2.20. The smallest absolute Gasteiger partial charge is 0.409 e. The van der Waals surface area contributed by atoms with E-state index < -0.39 is 12.1 Å². The van der Waals surface area contributed by atoms with E-state index >= 15 is 0 Å². The molecule has 0 aliphatic heterocycles. The van der Waals surface area contributed by atoms with Crippen molar-refractivity contribution in [2.75, 3.05) is 20.2 Å². The molecule has 0 bridgehead atoms.